The smallest absolute Gasteiger partial charge is 0.303 e. The van der Waals surface area contributed by atoms with E-state index in [2.05, 4.69) is 20.8 Å². The number of aliphatic carboxylic acids is 1. The average molecular weight is 431 g/mol. The Morgan fingerprint density at radius 2 is 1.77 bits per heavy atom. The van der Waals surface area contributed by atoms with Gasteiger partial charge in [0.05, 0.1) is 0 Å². The molecule has 0 spiro atoms. The molecule has 4 nitrogen and oxygen atoms in total. The number of ketones is 2. The first-order valence-electron chi connectivity index (χ1n) is 12.6. The van der Waals surface area contributed by atoms with Gasteiger partial charge in [-0.15, -0.1) is 0 Å². The van der Waals surface area contributed by atoms with Gasteiger partial charge in [-0.25, -0.2) is 0 Å². The number of hydrogen-bond acceptors (Lipinski definition) is 3. The fourth-order valence-electron chi connectivity index (χ4n) is 7.75. The summed E-state index contributed by atoms with van der Waals surface area (Å²) in [5, 5.41) is 8.14. The Labute approximate surface area is 188 Å². The number of unbranched alkanes of at least 4 members (excludes halogenated alkanes) is 2. The van der Waals surface area contributed by atoms with Gasteiger partial charge in [0, 0.05) is 18.8 Å². The fourth-order valence-corrected chi connectivity index (χ4v) is 7.75. The van der Waals surface area contributed by atoms with Crippen LogP contribution < -0.4 is 0 Å². The topological polar surface area (TPSA) is 71.4 Å². The van der Waals surface area contributed by atoms with Crippen molar-refractivity contribution in [3.63, 3.8) is 0 Å². The molecular weight excluding hydrogens is 388 g/mol. The molecule has 0 aromatic rings. The number of carboxylic acids is 1. The molecule has 0 aromatic heterocycles. The van der Waals surface area contributed by atoms with Crippen LogP contribution in [0.25, 0.3) is 0 Å². The van der Waals surface area contributed by atoms with Crippen LogP contribution >= 0.6 is 0 Å². The van der Waals surface area contributed by atoms with Crippen molar-refractivity contribution in [2.45, 2.75) is 105 Å². The summed E-state index contributed by atoms with van der Waals surface area (Å²) in [7, 11) is 0. The number of hydrogen-bond donors (Lipinski definition) is 1. The standard InChI is InChI=1S/C21H30O2.C6H12O2/c1-13(22)17-6-7-18-16-5-4-14-12-15(23)8-10-20(14,2)19(16)9-11-21(17,18)3;1-2-3-4-5-6(7)8/h12,16-19H,4-11H2,1-3H3;2-5H2,1H3,(H,7,8)/t16-,17+,18-,19-,20-,21+;/m0./s1. The number of Topliss-reactive ketones (excluding diaryl/α,β-unsaturated/α-hetero) is 1. The second kappa shape index (κ2) is 9.58. The van der Waals surface area contributed by atoms with Crippen molar-refractivity contribution >= 4 is 17.5 Å². The largest absolute Gasteiger partial charge is 0.481 e. The summed E-state index contributed by atoms with van der Waals surface area (Å²) in [5.41, 5.74) is 1.95. The maximum absolute atomic E-state index is 12.1. The molecule has 0 saturated heterocycles. The van der Waals surface area contributed by atoms with Crippen molar-refractivity contribution in [3.8, 4) is 0 Å². The van der Waals surface area contributed by atoms with Crippen LogP contribution in [-0.2, 0) is 14.4 Å². The van der Waals surface area contributed by atoms with E-state index in [1.807, 2.05) is 6.08 Å². The van der Waals surface area contributed by atoms with E-state index in [0.717, 1.165) is 62.7 Å². The van der Waals surface area contributed by atoms with Gasteiger partial charge in [0.1, 0.15) is 5.78 Å². The molecule has 174 valence electrons. The quantitative estimate of drug-likeness (QED) is 0.514. The molecule has 0 aliphatic heterocycles. The Morgan fingerprint density at radius 3 is 2.42 bits per heavy atom. The van der Waals surface area contributed by atoms with Crippen molar-refractivity contribution in [2.75, 3.05) is 0 Å². The zero-order chi connectivity index (χ0) is 22.8. The lowest BCUT2D eigenvalue weighted by atomic mass is 9.47. The van der Waals surface area contributed by atoms with Crippen molar-refractivity contribution in [1.82, 2.24) is 0 Å². The molecule has 31 heavy (non-hydrogen) atoms. The molecule has 3 saturated carbocycles. The van der Waals surface area contributed by atoms with E-state index in [0.29, 0.717) is 23.9 Å². The molecule has 3 fully saturated rings. The van der Waals surface area contributed by atoms with Crippen LogP contribution in [0.3, 0.4) is 0 Å². The molecule has 0 amide bonds. The molecule has 0 unspecified atom stereocenters. The summed E-state index contributed by atoms with van der Waals surface area (Å²) in [6.45, 7) is 8.70. The number of fused-ring (bicyclic) bond motifs is 5. The van der Waals surface area contributed by atoms with Crippen molar-refractivity contribution in [2.24, 2.45) is 34.5 Å². The van der Waals surface area contributed by atoms with Crippen molar-refractivity contribution in [1.29, 1.82) is 0 Å². The van der Waals surface area contributed by atoms with Crippen molar-refractivity contribution in [3.05, 3.63) is 11.6 Å². The van der Waals surface area contributed by atoms with Gasteiger partial charge in [-0.3, -0.25) is 14.4 Å². The molecule has 0 heterocycles. The zero-order valence-corrected chi connectivity index (χ0v) is 20.0. The Balaban J connectivity index is 0.000000293. The van der Waals surface area contributed by atoms with Gasteiger partial charge < -0.3 is 5.11 Å². The van der Waals surface area contributed by atoms with Gasteiger partial charge in [-0.05, 0) is 93.0 Å². The van der Waals surface area contributed by atoms with Gasteiger partial charge in [-0.1, -0.05) is 39.2 Å². The second-order valence-corrected chi connectivity index (χ2v) is 11.1. The lowest BCUT2D eigenvalue weighted by molar-refractivity contribution is -0.137. The van der Waals surface area contributed by atoms with Crippen LogP contribution in [0, 0.1) is 34.5 Å². The molecule has 0 radical (unpaired) electrons. The normalized spacial score (nSPS) is 38.7. The van der Waals surface area contributed by atoms with E-state index in [4.69, 9.17) is 5.11 Å². The summed E-state index contributed by atoms with van der Waals surface area (Å²) >= 11 is 0. The van der Waals surface area contributed by atoms with Crippen molar-refractivity contribution < 1.29 is 19.5 Å². The SMILES string of the molecule is CC(=O)[C@H]1CC[C@H]2[C@@H]3CCC4=CC(=O)CC[C@]4(C)[C@H]3CC[C@]12C.CCCCCC(=O)O. The average Bonchev–Trinajstić information content (AvgIpc) is 3.06. The molecular formula is C27H42O4. The molecule has 1 N–H and O–H groups in total. The lowest BCUT2D eigenvalue weighted by Gasteiger charge is -2.58. The van der Waals surface area contributed by atoms with E-state index in [1.54, 1.807) is 6.92 Å². The number of carbonyl (C=O) groups is 3. The minimum atomic E-state index is -0.682. The Hall–Kier alpha value is -1.45. The first-order valence-corrected chi connectivity index (χ1v) is 12.6. The highest BCUT2D eigenvalue weighted by molar-refractivity contribution is 5.91. The van der Waals surface area contributed by atoms with E-state index in [9.17, 15) is 14.4 Å². The number of rotatable bonds is 5. The monoisotopic (exact) mass is 430 g/mol. The van der Waals surface area contributed by atoms with Gasteiger partial charge >= 0.3 is 5.97 Å². The molecule has 4 rings (SSSR count). The van der Waals surface area contributed by atoms with Crippen LogP contribution in [0.4, 0.5) is 0 Å². The summed E-state index contributed by atoms with van der Waals surface area (Å²) < 4.78 is 0. The Kier molecular flexibility index (Phi) is 7.48. The molecule has 4 aliphatic rings. The number of carbonyl (C=O) groups excluding carboxylic acids is 2. The third kappa shape index (κ3) is 4.68. The number of allylic oxidation sites excluding steroid dienone is 1. The van der Waals surface area contributed by atoms with Crippen LogP contribution in [0.2, 0.25) is 0 Å². The van der Waals surface area contributed by atoms with Crippen LogP contribution in [0.15, 0.2) is 11.6 Å². The molecule has 0 bridgehead atoms. The van der Waals surface area contributed by atoms with Gasteiger partial charge in [0.15, 0.2) is 5.78 Å². The first-order chi connectivity index (χ1) is 14.6. The predicted molar refractivity (Wildman–Crippen MR) is 123 cm³/mol. The fraction of sp³-hybridized carbons (Fsp3) is 0.815. The maximum Gasteiger partial charge on any atom is 0.303 e. The Morgan fingerprint density at radius 1 is 1.03 bits per heavy atom. The third-order valence-corrected chi connectivity index (χ3v) is 9.45. The predicted octanol–water partition coefficient (Wildman–Crippen LogP) is 6.37. The van der Waals surface area contributed by atoms with Gasteiger partial charge in [0.25, 0.3) is 0 Å². The highest BCUT2D eigenvalue weighted by atomic mass is 16.4. The highest BCUT2D eigenvalue weighted by Gasteiger charge is 2.59. The number of carboxylic acid groups (broad SMARTS) is 1. The first kappa shape index (κ1) is 24.2. The molecule has 6 atom stereocenters. The summed E-state index contributed by atoms with van der Waals surface area (Å²) in [4.78, 5) is 33.9. The highest BCUT2D eigenvalue weighted by Crippen LogP contribution is 2.66. The minimum absolute atomic E-state index is 0.245. The van der Waals surface area contributed by atoms with E-state index < -0.39 is 5.97 Å². The van der Waals surface area contributed by atoms with E-state index >= 15 is 0 Å². The van der Waals surface area contributed by atoms with Crippen LogP contribution in [0.1, 0.15) is 105 Å². The zero-order valence-electron chi connectivity index (χ0n) is 20.0. The van der Waals surface area contributed by atoms with Crippen LogP contribution in [-0.4, -0.2) is 22.6 Å². The second-order valence-electron chi connectivity index (χ2n) is 11.1. The summed E-state index contributed by atoms with van der Waals surface area (Å²) in [5.74, 6) is 2.61. The molecule has 4 heteroatoms. The summed E-state index contributed by atoms with van der Waals surface area (Å²) in [6, 6.07) is 0. The molecule has 0 aromatic carbocycles. The van der Waals surface area contributed by atoms with E-state index in [-0.39, 0.29) is 10.8 Å². The minimum Gasteiger partial charge on any atom is -0.481 e. The van der Waals surface area contributed by atoms with Gasteiger partial charge in [0.2, 0.25) is 0 Å². The molecule has 4 aliphatic carbocycles. The third-order valence-electron chi connectivity index (χ3n) is 9.45. The van der Waals surface area contributed by atoms with Gasteiger partial charge in [-0.2, -0.15) is 0 Å². The Bertz CT molecular complexity index is 738. The maximum atomic E-state index is 12.1. The van der Waals surface area contributed by atoms with E-state index in [1.165, 1.54) is 31.3 Å². The van der Waals surface area contributed by atoms with Crippen LogP contribution in [0.5, 0.6) is 0 Å². The lowest BCUT2D eigenvalue weighted by Crippen LogP contribution is -2.51. The summed E-state index contributed by atoms with van der Waals surface area (Å²) in [6.07, 6.45) is 14.2.